The topological polar surface area (TPSA) is 77.2 Å². The molecule has 0 saturated heterocycles. The van der Waals surface area contributed by atoms with Crippen LogP contribution in [0.25, 0.3) is 11.5 Å². The van der Waals surface area contributed by atoms with Crippen LogP contribution in [-0.4, -0.2) is 34.5 Å². The first kappa shape index (κ1) is 20.9. The number of thioether (sulfide) groups is 1. The number of aryl methyl sites for hydroxylation is 1. The van der Waals surface area contributed by atoms with Crippen molar-refractivity contribution in [1.29, 1.82) is 0 Å². The van der Waals surface area contributed by atoms with Gasteiger partial charge in [0.1, 0.15) is 5.75 Å². The van der Waals surface area contributed by atoms with Gasteiger partial charge in [-0.3, -0.25) is 4.79 Å². The van der Waals surface area contributed by atoms with Gasteiger partial charge in [0, 0.05) is 11.6 Å². The van der Waals surface area contributed by atoms with Crippen LogP contribution in [-0.2, 0) is 11.2 Å². The number of amides is 1. The minimum atomic E-state index is -0.0450. The molecule has 1 atom stereocenters. The fraction of sp³-hybridized carbons (Fsp3) is 0.318. The first-order valence-corrected chi connectivity index (χ1v) is 10.7. The molecule has 6 nitrogen and oxygen atoms in total. The molecular weight excluding hydrogens is 386 g/mol. The van der Waals surface area contributed by atoms with Crippen molar-refractivity contribution < 1.29 is 13.9 Å². The average Bonchev–Trinajstić information content (AvgIpc) is 3.21. The Morgan fingerprint density at radius 1 is 1.14 bits per heavy atom. The molecule has 152 valence electrons. The van der Waals surface area contributed by atoms with Gasteiger partial charge in [-0.15, -0.1) is 10.2 Å². The van der Waals surface area contributed by atoms with Crippen molar-refractivity contribution in [2.75, 3.05) is 12.4 Å². The molecule has 1 N–H and O–H groups in total. The van der Waals surface area contributed by atoms with Gasteiger partial charge in [-0.2, -0.15) is 0 Å². The second-order valence-corrected chi connectivity index (χ2v) is 7.54. The number of nitrogens with one attached hydrogen (secondary N) is 1. The lowest BCUT2D eigenvalue weighted by molar-refractivity contribution is -0.119. The summed E-state index contributed by atoms with van der Waals surface area (Å²) in [6.07, 6.45) is 1.83. The Morgan fingerprint density at radius 3 is 2.62 bits per heavy atom. The first-order valence-electron chi connectivity index (χ1n) is 9.67. The number of ether oxygens (including phenoxy) is 1. The number of benzene rings is 2. The molecule has 3 aromatic rings. The smallest absolute Gasteiger partial charge is 0.277 e. The Morgan fingerprint density at radius 2 is 1.90 bits per heavy atom. The summed E-state index contributed by atoms with van der Waals surface area (Å²) < 4.78 is 11.1. The zero-order chi connectivity index (χ0) is 20.5. The van der Waals surface area contributed by atoms with Gasteiger partial charge < -0.3 is 14.5 Å². The summed E-state index contributed by atoms with van der Waals surface area (Å²) in [6, 6.07) is 17.8. The van der Waals surface area contributed by atoms with Crippen molar-refractivity contribution in [3.05, 3.63) is 60.2 Å². The van der Waals surface area contributed by atoms with Gasteiger partial charge in [-0.25, -0.2) is 0 Å². The highest BCUT2D eigenvalue weighted by Crippen LogP contribution is 2.24. The number of nitrogens with zero attached hydrogens (tertiary/aromatic N) is 2. The number of aromatic nitrogens is 2. The molecule has 0 aliphatic rings. The third-order valence-electron chi connectivity index (χ3n) is 4.26. The maximum absolute atomic E-state index is 12.2. The van der Waals surface area contributed by atoms with E-state index in [1.54, 1.807) is 0 Å². The molecule has 3 rings (SSSR count). The molecule has 29 heavy (non-hydrogen) atoms. The molecule has 1 amide bonds. The largest absolute Gasteiger partial charge is 0.494 e. The lowest BCUT2D eigenvalue weighted by Gasteiger charge is -2.13. The molecule has 0 fully saturated rings. The first-order chi connectivity index (χ1) is 14.1. The molecule has 0 saturated carbocycles. The van der Waals surface area contributed by atoms with Crippen molar-refractivity contribution >= 4 is 17.7 Å². The van der Waals surface area contributed by atoms with Gasteiger partial charge >= 0.3 is 0 Å². The fourth-order valence-electron chi connectivity index (χ4n) is 2.79. The van der Waals surface area contributed by atoms with E-state index in [-0.39, 0.29) is 17.7 Å². The lowest BCUT2D eigenvalue weighted by atomic mass is 10.1. The number of hydrogen-bond donors (Lipinski definition) is 1. The number of carbonyl (C=O) groups is 1. The van der Waals surface area contributed by atoms with E-state index in [1.807, 2.05) is 56.3 Å². The fourth-order valence-corrected chi connectivity index (χ4v) is 3.36. The second kappa shape index (κ2) is 10.7. The normalized spacial score (nSPS) is 11.8. The van der Waals surface area contributed by atoms with Crippen LogP contribution >= 0.6 is 11.8 Å². The molecule has 0 bridgehead atoms. The van der Waals surface area contributed by atoms with Gasteiger partial charge in [0.25, 0.3) is 5.22 Å². The van der Waals surface area contributed by atoms with Crippen LogP contribution in [0, 0.1) is 0 Å². The zero-order valence-electron chi connectivity index (χ0n) is 16.6. The molecule has 0 radical (unpaired) electrons. The average molecular weight is 412 g/mol. The summed E-state index contributed by atoms with van der Waals surface area (Å²) in [5.41, 5.74) is 2.09. The summed E-state index contributed by atoms with van der Waals surface area (Å²) in [5.74, 6) is 1.41. The number of hydrogen-bond acceptors (Lipinski definition) is 6. The van der Waals surface area contributed by atoms with Crippen LogP contribution in [0.2, 0.25) is 0 Å². The summed E-state index contributed by atoms with van der Waals surface area (Å²) in [6.45, 7) is 4.57. The predicted molar refractivity (Wildman–Crippen MR) is 114 cm³/mol. The molecule has 7 heteroatoms. The van der Waals surface area contributed by atoms with E-state index in [0.717, 1.165) is 24.2 Å². The van der Waals surface area contributed by atoms with Crippen molar-refractivity contribution in [2.24, 2.45) is 0 Å². The van der Waals surface area contributed by atoms with Gasteiger partial charge in [-0.05, 0) is 56.5 Å². The van der Waals surface area contributed by atoms with Crippen molar-refractivity contribution in [3.8, 4) is 17.2 Å². The van der Waals surface area contributed by atoms with Crippen LogP contribution in [0.3, 0.4) is 0 Å². The highest BCUT2D eigenvalue weighted by atomic mass is 32.2. The quantitative estimate of drug-likeness (QED) is 0.499. The van der Waals surface area contributed by atoms with E-state index in [2.05, 4.69) is 27.6 Å². The molecular formula is C22H25N3O3S. The monoisotopic (exact) mass is 411 g/mol. The predicted octanol–water partition coefficient (Wildman–Crippen LogP) is 4.36. The van der Waals surface area contributed by atoms with Crippen LogP contribution in [0.4, 0.5) is 0 Å². The molecule has 2 aromatic carbocycles. The molecule has 0 unspecified atom stereocenters. The molecule has 1 aromatic heterocycles. The Balaban J connectivity index is 1.43. The molecule has 0 spiro atoms. The Labute approximate surface area is 175 Å². The number of rotatable bonds is 10. The van der Waals surface area contributed by atoms with E-state index in [1.165, 1.54) is 17.3 Å². The van der Waals surface area contributed by atoms with E-state index in [4.69, 9.17) is 9.15 Å². The Hall–Kier alpha value is -2.80. The third-order valence-corrected chi connectivity index (χ3v) is 5.08. The van der Waals surface area contributed by atoms with Crippen LogP contribution < -0.4 is 10.1 Å². The van der Waals surface area contributed by atoms with E-state index < -0.39 is 0 Å². The molecule has 0 aliphatic carbocycles. The molecule has 0 aliphatic heterocycles. The van der Waals surface area contributed by atoms with Crippen LogP contribution in [0.15, 0.2) is 64.2 Å². The van der Waals surface area contributed by atoms with Gasteiger partial charge in [0.2, 0.25) is 11.8 Å². The van der Waals surface area contributed by atoms with Crippen LogP contribution in [0.1, 0.15) is 25.8 Å². The minimum absolute atomic E-state index is 0.0450. The van der Waals surface area contributed by atoms with Gasteiger partial charge in [0.15, 0.2) is 0 Å². The minimum Gasteiger partial charge on any atom is -0.494 e. The SMILES string of the molecule is CCOc1ccc(-c2nnc(SCC(=O)N[C@@H](C)CCc3ccccc3)o2)cc1. The highest BCUT2D eigenvalue weighted by molar-refractivity contribution is 7.99. The summed E-state index contributed by atoms with van der Waals surface area (Å²) in [5, 5.41) is 11.5. The van der Waals surface area contributed by atoms with Crippen LogP contribution in [0.5, 0.6) is 5.75 Å². The van der Waals surface area contributed by atoms with Gasteiger partial charge in [-0.1, -0.05) is 42.1 Å². The van der Waals surface area contributed by atoms with Crippen molar-refractivity contribution in [2.45, 2.75) is 38.0 Å². The Kier molecular flexibility index (Phi) is 7.69. The second-order valence-electron chi connectivity index (χ2n) is 6.61. The molecule has 1 heterocycles. The van der Waals surface area contributed by atoms with E-state index in [9.17, 15) is 4.79 Å². The Bertz CT molecular complexity index is 897. The van der Waals surface area contributed by atoms with Gasteiger partial charge in [0.05, 0.1) is 12.4 Å². The number of carbonyl (C=O) groups excluding carboxylic acids is 1. The summed E-state index contributed by atoms with van der Waals surface area (Å²) in [4.78, 5) is 12.2. The summed E-state index contributed by atoms with van der Waals surface area (Å²) in [7, 11) is 0. The standard InChI is InChI=1S/C22H25N3O3S/c1-3-27-19-13-11-18(12-14-19)21-24-25-22(28-21)29-15-20(26)23-16(2)9-10-17-7-5-4-6-8-17/h4-8,11-14,16H,3,9-10,15H2,1-2H3,(H,23,26)/t16-/m0/s1. The van der Waals surface area contributed by atoms with E-state index in [0.29, 0.717) is 17.7 Å². The van der Waals surface area contributed by atoms with E-state index >= 15 is 0 Å². The zero-order valence-corrected chi connectivity index (χ0v) is 17.4. The highest BCUT2D eigenvalue weighted by Gasteiger charge is 2.13. The summed E-state index contributed by atoms with van der Waals surface area (Å²) >= 11 is 1.23. The lowest BCUT2D eigenvalue weighted by Crippen LogP contribution is -2.34. The van der Waals surface area contributed by atoms with Crippen molar-refractivity contribution in [1.82, 2.24) is 15.5 Å². The maximum Gasteiger partial charge on any atom is 0.277 e. The van der Waals surface area contributed by atoms with Crippen molar-refractivity contribution in [3.63, 3.8) is 0 Å². The maximum atomic E-state index is 12.2. The third kappa shape index (κ3) is 6.64.